The maximum absolute atomic E-state index is 11.7. The average Bonchev–Trinajstić information content (AvgIpc) is 2.26. The Balaban J connectivity index is 2.49. The third kappa shape index (κ3) is 1.97. The lowest BCUT2D eigenvalue weighted by atomic mass is 9.54. The van der Waals surface area contributed by atoms with Crippen LogP contribution >= 0.6 is 15.9 Å². The van der Waals surface area contributed by atoms with Crippen molar-refractivity contribution in [2.24, 2.45) is 10.8 Å². The van der Waals surface area contributed by atoms with Gasteiger partial charge in [0.05, 0.1) is 0 Å². The van der Waals surface area contributed by atoms with Crippen LogP contribution in [0.3, 0.4) is 0 Å². The van der Waals surface area contributed by atoms with Gasteiger partial charge in [0, 0.05) is 11.8 Å². The van der Waals surface area contributed by atoms with Crippen LogP contribution in [0.5, 0.6) is 0 Å². The number of carbonyl (C=O) groups excluding carboxylic acids is 1. The summed E-state index contributed by atoms with van der Waals surface area (Å²) in [5.74, 6) is 0.272. The van der Waals surface area contributed by atoms with Crippen molar-refractivity contribution in [2.75, 3.05) is 0 Å². The first-order chi connectivity index (χ1) is 7.91. The highest BCUT2D eigenvalue weighted by Crippen LogP contribution is 2.56. The summed E-state index contributed by atoms with van der Waals surface area (Å²) >= 11 is 3.39. The van der Waals surface area contributed by atoms with E-state index in [9.17, 15) is 4.79 Å². The van der Waals surface area contributed by atoms with Crippen LogP contribution in [0.1, 0.15) is 40.0 Å². The Hall–Kier alpha value is -0.630. The van der Waals surface area contributed by atoms with Crippen LogP contribution in [0.2, 0.25) is 0 Å². The Morgan fingerprint density at radius 3 is 2.59 bits per heavy atom. The first-order valence-electron chi connectivity index (χ1n) is 6.11. The molecular weight excluding hydrogens is 276 g/mol. The van der Waals surface area contributed by atoms with Crippen molar-refractivity contribution in [1.29, 1.82) is 0 Å². The summed E-state index contributed by atoms with van der Waals surface area (Å²) in [5.41, 5.74) is 2.65. The molecule has 0 heterocycles. The monoisotopic (exact) mass is 294 g/mol. The van der Waals surface area contributed by atoms with Gasteiger partial charge in [-0.3, -0.25) is 4.79 Å². The molecule has 0 aromatic rings. The van der Waals surface area contributed by atoms with E-state index in [2.05, 4.69) is 48.9 Å². The van der Waals surface area contributed by atoms with Crippen molar-refractivity contribution in [3.8, 4) is 0 Å². The van der Waals surface area contributed by atoms with Gasteiger partial charge < -0.3 is 0 Å². The van der Waals surface area contributed by atoms with Crippen LogP contribution in [0.15, 0.2) is 34.4 Å². The quantitative estimate of drug-likeness (QED) is 0.641. The Morgan fingerprint density at radius 2 is 2.12 bits per heavy atom. The zero-order chi connectivity index (χ0) is 12.7. The van der Waals surface area contributed by atoms with E-state index in [0.717, 1.165) is 12.8 Å². The number of rotatable bonds is 0. The van der Waals surface area contributed by atoms with Gasteiger partial charge in [0.15, 0.2) is 5.78 Å². The normalized spacial score (nSPS) is 34.2. The van der Waals surface area contributed by atoms with Crippen molar-refractivity contribution in [2.45, 2.75) is 40.0 Å². The number of halogens is 1. The lowest BCUT2D eigenvalue weighted by Gasteiger charge is -2.50. The molecule has 0 aliphatic heterocycles. The number of carbonyl (C=O) groups is 1. The van der Waals surface area contributed by atoms with Crippen LogP contribution in [0, 0.1) is 10.8 Å². The van der Waals surface area contributed by atoms with Gasteiger partial charge in [0.25, 0.3) is 0 Å². The first kappa shape index (κ1) is 12.8. The largest absolute Gasteiger partial charge is 0.295 e. The van der Waals surface area contributed by atoms with Crippen LogP contribution in [0.4, 0.5) is 0 Å². The van der Waals surface area contributed by atoms with E-state index >= 15 is 0 Å². The highest BCUT2D eigenvalue weighted by molar-refractivity contribution is 9.11. The molecule has 0 unspecified atom stereocenters. The van der Waals surface area contributed by atoms with E-state index < -0.39 is 0 Å². The van der Waals surface area contributed by atoms with Gasteiger partial charge in [-0.2, -0.15) is 0 Å². The number of hydrogen-bond donors (Lipinski definition) is 0. The second-order valence-electron chi connectivity index (χ2n) is 5.84. The molecule has 2 heteroatoms. The van der Waals surface area contributed by atoms with Crippen LogP contribution in [-0.2, 0) is 4.79 Å². The van der Waals surface area contributed by atoms with Crippen LogP contribution in [-0.4, -0.2) is 5.78 Å². The molecule has 0 fully saturated rings. The van der Waals surface area contributed by atoms with Crippen molar-refractivity contribution in [3.05, 3.63) is 34.4 Å². The zero-order valence-electron chi connectivity index (χ0n) is 10.7. The summed E-state index contributed by atoms with van der Waals surface area (Å²) in [5, 5.41) is 0. The van der Waals surface area contributed by atoms with Crippen molar-refractivity contribution in [3.63, 3.8) is 0 Å². The lowest BCUT2D eigenvalue weighted by molar-refractivity contribution is -0.118. The summed E-state index contributed by atoms with van der Waals surface area (Å²) < 4.78 is 0. The molecule has 0 aromatic heterocycles. The molecule has 1 nitrogen and oxygen atoms in total. The van der Waals surface area contributed by atoms with Crippen LogP contribution in [0.25, 0.3) is 0 Å². The van der Waals surface area contributed by atoms with Gasteiger partial charge in [0.1, 0.15) is 0 Å². The van der Waals surface area contributed by atoms with Crippen molar-refractivity contribution in [1.82, 2.24) is 0 Å². The molecule has 0 amide bonds. The molecule has 2 aliphatic carbocycles. The second-order valence-corrected chi connectivity index (χ2v) is 6.30. The predicted molar refractivity (Wildman–Crippen MR) is 75.0 cm³/mol. The SMILES string of the molecule is CC1=CC(=O)CC(C)(C)[C@]12C=C/C(=C/Br)CC2. The maximum atomic E-state index is 11.7. The molecule has 17 heavy (non-hydrogen) atoms. The van der Waals surface area contributed by atoms with Crippen molar-refractivity contribution < 1.29 is 4.79 Å². The second kappa shape index (κ2) is 4.24. The Bertz CT molecular complexity index is 440. The number of ketones is 1. The molecule has 2 aliphatic rings. The molecule has 1 atom stereocenters. The number of allylic oxidation sites excluding steroid dienone is 5. The molecule has 1 spiro atoms. The highest BCUT2D eigenvalue weighted by Gasteiger charge is 2.48. The van der Waals surface area contributed by atoms with Gasteiger partial charge in [-0.25, -0.2) is 0 Å². The molecule has 0 N–H and O–H groups in total. The fourth-order valence-electron chi connectivity index (χ4n) is 3.29. The Morgan fingerprint density at radius 1 is 1.41 bits per heavy atom. The van der Waals surface area contributed by atoms with Gasteiger partial charge in [-0.1, -0.05) is 47.5 Å². The maximum Gasteiger partial charge on any atom is 0.156 e. The average molecular weight is 295 g/mol. The third-order valence-corrected chi connectivity index (χ3v) is 5.02. The fourth-order valence-corrected chi connectivity index (χ4v) is 3.67. The van der Waals surface area contributed by atoms with Gasteiger partial charge in [-0.15, -0.1) is 0 Å². The minimum absolute atomic E-state index is 0.0251. The molecule has 0 saturated heterocycles. The van der Waals surface area contributed by atoms with Gasteiger partial charge in [-0.05, 0) is 41.8 Å². The van der Waals surface area contributed by atoms with Gasteiger partial charge in [0.2, 0.25) is 0 Å². The zero-order valence-corrected chi connectivity index (χ0v) is 12.3. The summed E-state index contributed by atoms with van der Waals surface area (Å²) in [7, 11) is 0. The Labute approximate surface area is 112 Å². The summed E-state index contributed by atoms with van der Waals surface area (Å²) in [4.78, 5) is 13.7. The van der Waals surface area contributed by atoms with E-state index in [1.165, 1.54) is 11.1 Å². The predicted octanol–water partition coefficient (Wildman–Crippen LogP) is 4.55. The van der Waals surface area contributed by atoms with E-state index in [1.54, 1.807) is 0 Å². The smallest absolute Gasteiger partial charge is 0.156 e. The highest BCUT2D eigenvalue weighted by atomic mass is 79.9. The molecule has 0 radical (unpaired) electrons. The minimum Gasteiger partial charge on any atom is -0.295 e. The number of hydrogen-bond acceptors (Lipinski definition) is 1. The van der Waals surface area contributed by atoms with Crippen LogP contribution < -0.4 is 0 Å². The molecule has 2 rings (SSSR count). The van der Waals surface area contributed by atoms with E-state index in [4.69, 9.17) is 0 Å². The molecule has 0 saturated carbocycles. The fraction of sp³-hybridized carbons (Fsp3) is 0.533. The van der Waals surface area contributed by atoms with E-state index in [0.29, 0.717) is 6.42 Å². The third-order valence-electron chi connectivity index (χ3n) is 4.44. The van der Waals surface area contributed by atoms with Crippen molar-refractivity contribution >= 4 is 21.7 Å². The van der Waals surface area contributed by atoms with Gasteiger partial charge >= 0.3 is 0 Å². The first-order valence-corrected chi connectivity index (χ1v) is 7.03. The molecule has 92 valence electrons. The summed E-state index contributed by atoms with van der Waals surface area (Å²) in [6.07, 6.45) is 9.18. The van der Waals surface area contributed by atoms with E-state index in [-0.39, 0.29) is 16.6 Å². The molecular formula is C15H19BrO. The Kier molecular flexibility index (Phi) is 3.19. The summed E-state index contributed by atoms with van der Waals surface area (Å²) in [6.45, 7) is 6.54. The minimum atomic E-state index is 0.0251. The molecule has 0 aromatic carbocycles. The van der Waals surface area contributed by atoms with E-state index in [1.807, 2.05) is 11.1 Å². The summed E-state index contributed by atoms with van der Waals surface area (Å²) in [6, 6.07) is 0. The standard InChI is InChI=1S/C15H19BrO/c1-11-8-13(17)9-14(2,3)15(11)6-4-12(10-16)5-7-15/h4,6,8,10H,5,7,9H2,1-3H3/b12-10-/t15-/m0/s1. The lowest BCUT2D eigenvalue weighted by Crippen LogP contribution is -2.43. The topological polar surface area (TPSA) is 17.1 Å². The molecule has 0 bridgehead atoms.